The topological polar surface area (TPSA) is 36.9 Å². The minimum Gasteiger partial charge on any atom is -0.400 e. The van der Waals surface area contributed by atoms with Gasteiger partial charge in [0.25, 0.3) is 0 Å². The Labute approximate surface area is 83.8 Å². The summed E-state index contributed by atoms with van der Waals surface area (Å²) < 4.78 is 21.4. The first-order chi connectivity index (χ1) is 6.28. The van der Waals surface area contributed by atoms with E-state index in [2.05, 4.69) is 0 Å². The molecule has 0 aliphatic heterocycles. The average molecular weight is 224 g/mol. The lowest BCUT2D eigenvalue weighted by atomic mass is 10.9. The lowest BCUT2D eigenvalue weighted by molar-refractivity contribution is 0.210. The molecular weight excluding hydrogens is 204 g/mol. The normalized spacial score (nSPS) is 11.5. The Morgan fingerprint density at radius 1 is 0.846 bits per heavy atom. The summed E-state index contributed by atoms with van der Waals surface area (Å²) in [6, 6.07) is 0. The highest BCUT2D eigenvalue weighted by Gasteiger charge is 2.21. The third kappa shape index (κ3) is 6.36. The van der Waals surface area contributed by atoms with Gasteiger partial charge in [0.2, 0.25) is 0 Å². The van der Waals surface area contributed by atoms with Gasteiger partial charge in [-0.3, -0.25) is 0 Å². The zero-order valence-corrected chi connectivity index (χ0v) is 11.2. The number of hydrogen-bond donors (Lipinski definition) is 0. The van der Waals surface area contributed by atoms with Gasteiger partial charge in [0.15, 0.2) is 0 Å². The Balaban J connectivity index is 3.76. The van der Waals surface area contributed by atoms with Crippen molar-refractivity contribution >= 4 is 18.6 Å². The minimum atomic E-state index is -1.52. The van der Waals surface area contributed by atoms with Gasteiger partial charge < -0.3 is 17.7 Å². The van der Waals surface area contributed by atoms with Crippen molar-refractivity contribution in [2.45, 2.75) is 19.5 Å². The van der Waals surface area contributed by atoms with Crippen molar-refractivity contribution in [3.8, 4) is 0 Å². The monoisotopic (exact) mass is 224 g/mol. The Hall–Kier alpha value is 0.274. The second kappa shape index (κ2) is 8.85. The summed E-state index contributed by atoms with van der Waals surface area (Å²) >= 11 is 0. The van der Waals surface area contributed by atoms with E-state index >= 15 is 0 Å². The van der Waals surface area contributed by atoms with Gasteiger partial charge in [0.1, 0.15) is 0 Å². The Morgan fingerprint density at radius 3 is 1.62 bits per heavy atom. The maximum atomic E-state index is 5.51. The second-order valence-corrected chi connectivity index (χ2v) is 7.69. The zero-order valence-electron chi connectivity index (χ0n) is 8.91. The van der Waals surface area contributed by atoms with Crippen LogP contribution < -0.4 is 0 Å². The molecule has 0 bridgehead atoms. The van der Waals surface area contributed by atoms with Crippen molar-refractivity contribution in [1.82, 2.24) is 0 Å². The maximum absolute atomic E-state index is 5.51. The lowest BCUT2D eigenvalue weighted by Gasteiger charge is -2.18. The largest absolute Gasteiger partial charge is 0.400 e. The predicted octanol–water partition coefficient (Wildman–Crippen LogP) is 0.332. The molecule has 0 saturated carbocycles. The van der Waals surface area contributed by atoms with Gasteiger partial charge in [0.05, 0.1) is 0 Å². The molecule has 0 aliphatic rings. The summed E-state index contributed by atoms with van der Waals surface area (Å²) in [4.78, 5) is 0. The number of hydrogen-bond acceptors (Lipinski definition) is 4. The van der Waals surface area contributed by atoms with Crippen molar-refractivity contribution in [1.29, 1.82) is 0 Å². The molecule has 0 atom stereocenters. The van der Waals surface area contributed by atoms with Gasteiger partial charge in [-0.1, -0.05) is 0 Å². The summed E-state index contributed by atoms with van der Waals surface area (Å²) in [5.74, 6) is 0. The van der Waals surface area contributed by atoms with Crippen LogP contribution in [0.5, 0.6) is 0 Å². The van der Waals surface area contributed by atoms with E-state index in [9.17, 15) is 0 Å². The predicted molar refractivity (Wildman–Crippen MR) is 56.4 cm³/mol. The highest BCUT2D eigenvalue weighted by atomic mass is 28.4. The van der Waals surface area contributed by atoms with Crippen LogP contribution in [0.4, 0.5) is 0 Å². The van der Waals surface area contributed by atoms with E-state index in [1.165, 1.54) is 0 Å². The van der Waals surface area contributed by atoms with Crippen molar-refractivity contribution < 1.29 is 17.7 Å². The fourth-order valence-electron chi connectivity index (χ4n) is 1.00. The van der Waals surface area contributed by atoms with Crippen LogP contribution in [0.2, 0.25) is 5.67 Å². The van der Waals surface area contributed by atoms with Crippen LogP contribution in [0.3, 0.4) is 0 Å². The van der Waals surface area contributed by atoms with Gasteiger partial charge >= 0.3 is 18.6 Å². The Kier molecular flexibility index (Phi) is 9.04. The fourth-order valence-corrected chi connectivity index (χ4v) is 5.92. The molecule has 0 aliphatic carbocycles. The fraction of sp³-hybridized carbons (Fsp3) is 1.00. The molecular formula is C7H20O4Si2. The first-order valence-electron chi connectivity index (χ1n) is 4.57. The first kappa shape index (κ1) is 13.3. The summed E-state index contributed by atoms with van der Waals surface area (Å²) in [7, 11) is 0.352. The molecule has 0 heterocycles. The van der Waals surface area contributed by atoms with Crippen LogP contribution in [0.1, 0.15) is 13.8 Å². The molecule has 0 unspecified atom stereocenters. The van der Waals surface area contributed by atoms with Gasteiger partial charge in [-0.05, 0) is 13.8 Å². The van der Waals surface area contributed by atoms with E-state index < -0.39 is 18.6 Å². The highest BCUT2D eigenvalue weighted by Crippen LogP contribution is 2.02. The minimum absolute atomic E-state index is 0.714. The molecule has 13 heavy (non-hydrogen) atoms. The molecule has 80 valence electrons. The molecule has 0 rings (SSSR count). The Bertz CT molecular complexity index is 105. The van der Waals surface area contributed by atoms with Crippen molar-refractivity contribution in [2.75, 3.05) is 27.4 Å². The zero-order chi connectivity index (χ0) is 10.1. The van der Waals surface area contributed by atoms with E-state index in [-0.39, 0.29) is 0 Å². The van der Waals surface area contributed by atoms with Crippen molar-refractivity contribution in [3.63, 3.8) is 0 Å². The quantitative estimate of drug-likeness (QED) is 0.557. The summed E-state index contributed by atoms with van der Waals surface area (Å²) in [6.07, 6.45) is 0. The molecule has 0 aromatic heterocycles. The van der Waals surface area contributed by atoms with Gasteiger partial charge in [0, 0.05) is 33.1 Å². The van der Waals surface area contributed by atoms with Gasteiger partial charge in [-0.15, -0.1) is 0 Å². The summed E-state index contributed by atoms with van der Waals surface area (Å²) in [6.45, 7) is 5.39. The van der Waals surface area contributed by atoms with E-state index in [1.807, 2.05) is 13.8 Å². The molecule has 0 aromatic carbocycles. The first-order valence-corrected chi connectivity index (χ1v) is 8.09. The maximum Gasteiger partial charge on any atom is 0.323 e. The van der Waals surface area contributed by atoms with E-state index in [1.54, 1.807) is 14.2 Å². The molecule has 6 heteroatoms. The van der Waals surface area contributed by atoms with Crippen LogP contribution in [0, 0.1) is 0 Å². The SMILES string of the molecule is CCO[SiH](C[SiH](OC)OC)OCC. The van der Waals surface area contributed by atoms with Crippen molar-refractivity contribution in [2.24, 2.45) is 0 Å². The molecule has 0 N–H and O–H groups in total. The lowest BCUT2D eigenvalue weighted by Crippen LogP contribution is -2.32. The van der Waals surface area contributed by atoms with Crippen LogP contribution in [0.15, 0.2) is 0 Å². The van der Waals surface area contributed by atoms with E-state index in [0.717, 1.165) is 5.67 Å². The standard InChI is InChI=1S/C7H20O4Si2/c1-5-10-13(11-6-2)7-12(8-3)9-4/h12-13H,5-7H2,1-4H3. The van der Waals surface area contributed by atoms with Crippen LogP contribution in [-0.2, 0) is 17.7 Å². The summed E-state index contributed by atoms with van der Waals surface area (Å²) in [5.41, 5.74) is 0.870. The van der Waals surface area contributed by atoms with Crippen LogP contribution >= 0.6 is 0 Å². The molecule has 0 saturated heterocycles. The molecule has 0 spiro atoms. The van der Waals surface area contributed by atoms with Crippen LogP contribution in [-0.4, -0.2) is 46.0 Å². The van der Waals surface area contributed by atoms with E-state index in [4.69, 9.17) is 17.7 Å². The van der Waals surface area contributed by atoms with Crippen LogP contribution in [0.25, 0.3) is 0 Å². The molecule has 4 nitrogen and oxygen atoms in total. The highest BCUT2D eigenvalue weighted by molar-refractivity contribution is 6.64. The third-order valence-corrected chi connectivity index (χ3v) is 7.16. The smallest absolute Gasteiger partial charge is 0.323 e. The third-order valence-electron chi connectivity index (χ3n) is 1.62. The van der Waals surface area contributed by atoms with E-state index in [0.29, 0.717) is 13.2 Å². The molecule has 0 aromatic rings. The van der Waals surface area contributed by atoms with Gasteiger partial charge in [-0.25, -0.2) is 0 Å². The summed E-state index contributed by atoms with van der Waals surface area (Å²) in [5, 5.41) is 0. The molecule has 0 fully saturated rings. The van der Waals surface area contributed by atoms with Gasteiger partial charge in [-0.2, -0.15) is 0 Å². The molecule has 0 amide bonds. The average Bonchev–Trinajstić information content (AvgIpc) is 2.14. The Morgan fingerprint density at radius 2 is 1.31 bits per heavy atom. The number of rotatable bonds is 8. The second-order valence-electron chi connectivity index (χ2n) is 2.48. The van der Waals surface area contributed by atoms with Crippen molar-refractivity contribution in [3.05, 3.63) is 0 Å². The molecule has 0 radical (unpaired) electrons.